The van der Waals surface area contributed by atoms with Gasteiger partial charge in [-0.1, -0.05) is 27.2 Å². The first-order chi connectivity index (χ1) is 9.60. The Labute approximate surface area is 121 Å². The molecular formula is C14H27N5O. The number of nitrogens with two attached hydrogens (primary N) is 1. The fourth-order valence-corrected chi connectivity index (χ4v) is 2.01. The van der Waals surface area contributed by atoms with E-state index in [9.17, 15) is 4.79 Å². The third-order valence-corrected chi connectivity index (χ3v) is 3.38. The van der Waals surface area contributed by atoms with Crippen molar-refractivity contribution in [2.75, 3.05) is 25.0 Å². The van der Waals surface area contributed by atoms with E-state index in [4.69, 9.17) is 5.73 Å². The van der Waals surface area contributed by atoms with E-state index in [0.717, 1.165) is 32.6 Å². The zero-order valence-electron chi connectivity index (χ0n) is 12.8. The number of anilines is 1. The van der Waals surface area contributed by atoms with Crippen molar-refractivity contribution >= 4 is 11.6 Å². The van der Waals surface area contributed by atoms with Gasteiger partial charge in [-0.3, -0.25) is 9.48 Å². The van der Waals surface area contributed by atoms with Gasteiger partial charge in [0.15, 0.2) is 0 Å². The molecule has 0 saturated carbocycles. The molecule has 1 atom stereocenters. The maximum absolute atomic E-state index is 11.8. The van der Waals surface area contributed by atoms with Gasteiger partial charge < -0.3 is 16.0 Å². The summed E-state index contributed by atoms with van der Waals surface area (Å²) in [5, 5.41) is 7.05. The van der Waals surface area contributed by atoms with Crippen LogP contribution in [-0.2, 0) is 11.3 Å². The number of hydrogen-bond donors (Lipinski definition) is 2. The molecule has 0 fully saturated rings. The molecule has 0 aliphatic heterocycles. The average Bonchev–Trinajstić information content (AvgIpc) is 2.87. The quantitative estimate of drug-likeness (QED) is 0.715. The molecule has 3 N–H and O–H groups in total. The molecular weight excluding hydrogens is 254 g/mol. The van der Waals surface area contributed by atoms with E-state index in [1.165, 1.54) is 0 Å². The van der Waals surface area contributed by atoms with Crippen LogP contribution in [-0.4, -0.2) is 46.3 Å². The molecule has 0 unspecified atom stereocenters. The number of amides is 1. The molecule has 1 heterocycles. The number of hydrogen-bond acceptors (Lipinski definition) is 4. The molecule has 0 aromatic carbocycles. The SMILES string of the molecule is CCC[C@H](N)C(=O)Nc1cnn(CCN(CC)CC)c1. The van der Waals surface area contributed by atoms with E-state index in [1.807, 2.05) is 17.8 Å². The number of aromatic nitrogens is 2. The highest BCUT2D eigenvalue weighted by atomic mass is 16.2. The Morgan fingerprint density at radius 3 is 2.75 bits per heavy atom. The topological polar surface area (TPSA) is 76.2 Å². The van der Waals surface area contributed by atoms with E-state index in [2.05, 4.69) is 29.2 Å². The van der Waals surface area contributed by atoms with Gasteiger partial charge in [-0.2, -0.15) is 5.10 Å². The third kappa shape index (κ3) is 5.30. The Morgan fingerprint density at radius 2 is 2.15 bits per heavy atom. The van der Waals surface area contributed by atoms with Crippen LogP contribution in [0, 0.1) is 0 Å². The molecule has 0 aliphatic carbocycles. The van der Waals surface area contributed by atoms with Crippen LogP contribution in [0.15, 0.2) is 12.4 Å². The van der Waals surface area contributed by atoms with Crippen LogP contribution in [0.3, 0.4) is 0 Å². The maximum atomic E-state index is 11.8. The second-order valence-electron chi connectivity index (χ2n) is 4.90. The van der Waals surface area contributed by atoms with Crippen molar-refractivity contribution in [3.8, 4) is 0 Å². The normalized spacial score (nSPS) is 12.7. The first kappa shape index (κ1) is 16.7. The molecule has 1 amide bonds. The van der Waals surface area contributed by atoms with Crippen molar-refractivity contribution in [2.45, 2.75) is 46.2 Å². The van der Waals surface area contributed by atoms with E-state index < -0.39 is 6.04 Å². The number of nitrogens with one attached hydrogen (secondary N) is 1. The van der Waals surface area contributed by atoms with Gasteiger partial charge in [0.2, 0.25) is 5.91 Å². The van der Waals surface area contributed by atoms with Crippen molar-refractivity contribution in [3.63, 3.8) is 0 Å². The zero-order valence-corrected chi connectivity index (χ0v) is 12.8. The van der Waals surface area contributed by atoms with E-state index in [1.54, 1.807) is 6.20 Å². The monoisotopic (exact) mass is 281 g/mol. The second-order valence-corrected chi connectivity index (χ2v) is 4.90. The van der Waals surface area contributed by atoms with Gasteiger partial charge in [-0.05, 0) is 19.5 Å². The standard InChI is InChI=1S/C14H27N5O/c1-4-7-13(15)14(20)17-12-10-16-19(11-12)9-8-18(5-2)6-3/h10-11,13H,4-9,15H2,1-3H3,(H,17,20)/t13-/m0/s1. The first-order valence-electron chi connectivity index (χ1n) is 7.41. The summed E-state index contributed by atoms with van der Waals surface area (Å²) in [5.41, 5.74) is 6.48. The lowest BCUT2D eigenvalue weighted by Gasteiger charge is -2.17. The number of carbonyl (C=O) groups excluding carboxylic acids is 1. The lowest BCUT2D eigenvalue weighted by Crippen LogP contribution is -2.35. The minimum absolute atomic E-state index is 0.143. The summed E-state index contributed by atoms with van der Waals surface area (Å²) >= 11 is 0. The van der Waals surface area contributed by atoms with Gasteiger partial charge in [-0.15, -0.1) is 0 Å². The third-order valence-electron chi connectivity index (χ3n) is 3.38. The average molecular weight is 281 g/mol. The second kappa shape index (κ2) is 8.71. The molecule has 0 aliphatic rings. The molecule has 6 nitrogen and oxygen atoms in total. The van der Waals surface area contributed by atoms with Crippen molar-refractivity contribution < 1.29 is 4.79 Å². The van der Waals surface area contributed by atoms with Gasteiger partial charge >= 0.3 is 0 Å². The molecule has 20 heavy (non-hydrogen) atoms. The van der Waals surface area contributed by atoms with E-state index in [-0.39, 0.29) is 5.91 Å². The Morgan fingerprint density at radius 1 is 1.45 bits per heavy atom. The maximum Gasteiger partial charge on any atom is 0.241 e. The van der Waals surface area contributed by atoms with Gasteiger partial charge in [0.25, 0.3) is 0 Å². The summed E-state index contributed by atoms with van der Waals surface area (Å²) in [6.45, 7) is 10.1. The molecule has 1 aromatic heterocycles. The summed E-state index contributed by atoms with van der Waals surface area (Å²) in [7, 11) is 0. The van der Waals surface area contributed by atoms with Crippen molar-refractivity contribution in [1.82, 2.24) is 14.7 Å². The van der Waals surface area contributed by atoms with Gasteiger partial charge in [-0.25, -0.2) is 0 Å². The Kier molecular flexibility index (Phi) is 7.25. The highest BCUT2D eigenvalue weighted by molar-refractivity contribution is 5.94. The van der Waals surface area contributed by atoms with Crippen LogP contribution in [0.4, 0.5) is 5.69 Å². The molecule has 0 radical (unpaired) electrons. The van der Waals surface area contributed by atoms with Crippen molar-refractivity contribution in [1.29, 1.82) is 0 Å². The Hall–Kier alpha value is -1.40. The summed E-state index contributed by atoms with van der Waals surface area (Å²) in [6, 6.07) is -0.445. The minimum atomic E-state index is -0.445. The van der Waals surface area contributed by atoms with Gasteiger partial charge in [0.05, 0.1) is 24.5 Å². The van der Waals surface area contributed by atoms with E-state index in [0.29, 0.717) is 12.1 Å². The fourth-order valence-electron chi connectivity index (χ4n) is 2.01. The van der Waals surface area contributed by atoms with Crippen LogP contribution in [0.2, 0.25) is 0 Å². The number of rotatable bonds is 9. The predicted molar refractivity (Wildman–Crippen MR) is 81.5 cm³/mol. The van der Waals surface area contributed by atoms with Crippen LogP contribution >= 0.6 is 0 Å². The lowest BCUT2D eigenvalue weighted by atomic mass is 10.2. The molecule has 0 bridgehead atoms. The minimum Gasteiger partial charge on any atom is -0.322 e. The summed E-state index contributed by atoms with van der Waals surface area (Å²) < 4.78 is 1.85. The van der Waals surface area contributed by atoms with Gasteiger partial charge in [0, 0.05) is 12.7 Å². The molecule has 6 heteroatoms. The molecule has 1 rings (SSSR count). The number of carbonyl (C=O) groups is 1. The number of nitrogens with zero attached hydrogens (tertiary/aromatic N) is 3. The summed E-state index contributed by atoms with van der Waals surface area (Å²) in [5.74, 6) is -0.143. The highest BCUT2D eigenvalue weighted by Gasteiger charge is 2.13. The smallest absolute Gasteiger partial charge is 0.241 e. The highest BCUT2D eigenvalue weighted by Crippen LogP contribution is 2.06. The van der Waals surface area contributed by atoms with Crippen LogP contribution in [0.25, 0.3) is 0 Å². The van der Waals surface area contributed by atoms with E-state index >= 15 is 0 Å². The summed E-state index contributed by atoms with van der Waals surface area (Å²) in [4.78, 5) is 14.1. The predicted octanol–water partition coefficient (Wildman–Crippen LogP) is 1.29. The molecule has 1 aromatic rings. The molecule has 0 spiro atoms. The van der Waals surface area contributed by atoms with Crippen LogP contribution in [0.5, 0.6) is 0 Å². The largest absolute Gasteiger partial charge is 0.322 e. The van der Waals surface area contributed by atoms with Crippen LogP contribution < -0.4 is 11.1 Å². The number of likely N-dealkylation sites (N-methyl/N-ethyl adjacent to an activating group) is 1. The zero-order chi connectivity index (χ0) is 15.0. The summed E-state index contributed by atoms with van der Waals surface area (Å²) in [6.07, 6.45) is 5.11. The lowest BCUT2D eigenvalue weighted by molar-refractivity contribution is -0.117. The van der Waals surface area contributed by atoms with Crippen molar-refractivity contribution in [2.24, 2.45) is 5.73 Å². The first-order valence-corrected chi connectivity index (χ1v) is 7.41. The van der Waals surface area contributed by atoms with Crippen LogP contribution in [0.1, 0.15) is 33.6 Å². The Bertz CT molecular complexity index is 400. The fraction of sp³-hybridized carbons (Fsp3) is 0.714. The van der Waals surface area contributed by atoms with Crippen molar-refractivity contribution in [3.05, 3.63) is 12.4 Å². The van der Waals surface area contributed by atoms with Gasteiger partial charge in [0.1, 0.15) is 0 Å². The molecule has 114 valence electrons. The Balaban J connectivity index is 2.45. The molecule has 0 saturated heterocycles.